The van der Waals surface area contributed by atoms with Crippen LogP contribution >= 0.6 is 0 Å². The van der Waals surface area contributed by atoms with Gasteiger partial charge in [-0.3, -0.25) is 9.59 Å². The first-order chi connectivity index (χ1) is 6.50. The Morgan fingerprint density at radius 3 is 2.57 bits per heavy atom. The molecular formula is C10H17NO3. The Labute approximate surface area is 84.2 Å². The lowest BCUT2D eigenvalue weighted by atomic mass is 10.1. The molecular weight excluding hydrogens is 182 g/mol. The summed E-state index contributed by atoms with van der Waals surface area (Å²) in [6, 6.07) is 0. The molecule has 1 N–H and O–H groups in total. The number of unbranched alkanes of at least 4 members (excludes halogenated alkanes) is 1. The highest BCUT2D eigenvalue weighted by molar-refractivity contribution is 5.96. The van der Waals surface area contributed by atoms with Gasteiger partial charge in [0, 0.05) is 13.6 Å². The lowest BCUT2D eigenvalue weighted by Crippen LogP contribution is -2.35. The highest BCUT2D eigenvalue weighted by Crippen LogP contribution is 2.02. The van der Waals surface area contributed by atoms with Crippen molar-refractivity contribution in [1.82, 2.24) is 4.90 Å². The SMILES string of the molecule is C=CCCCN(C)C(=O)C(C)C(=O)O. The summed E-state index contributed by atoms with van der Waals surface area (Å²) in [4.78, 5) is 23.4. The molecule has 0 aliphatic carbocycles. The number of carboxylic acid groups (broad SMARTS) is 1. The quantitative estimate of drug-likeness (QED) is 0.396. The van der Waals surface area contributed by atoms with Crippen LogP contribution in [0.1, 0.15) is 19.8 Å². The van der Waals surface area contributed by atoms with E-state index in [1.807, 2.05) is 0 Å². The summed E-state index contributed by atoms with van der Waals surface area (Å²) < 4.78 is 0. The molecule has 0 aromatic heterocycles. The molecule has 0 aliphatic heterocycles. The fourth-order valence-corrected chi connectivity index (χ4v) is 1.02. The average Bonchev–Trinajstić information content (AvgIpc) is 2.15. The van der Waals surface area contributed by atoms with Crippen LogP contribution in [0.15, 0.2) is 12.7 Å². The summed E-state index contributed by atoms with van der Waals surface area (Å²) in [5.41, 5.74) is 0. The zero-order valence-corrected chi connectivity index (χ0v) is 8.69. The maximum atomic E-state index is 11.4. The first-order valence-corrected chi connectivity index (χ1v) is 4.59. The van der Waals surface area contributed by atoms with E-state index in [0.29, 0.717) is 6.54 Å². The normalized spacial score (nSPS) is 11.9. The van der Waals surface area contributed by atoms with Gasteiger partial charge in [0.15, 0.2) is 0 Å². The molecule has 80 valence electrons. The maximum absolute atomic E-state index is 11.4. The Bertz CT molecular complexity index is 225. The Hall–Kier alpha value is -1.32. The number of hydrogen-bond donors (Lipinski definition) is 1. The van der Waals surface area contributed by atoms with E-state index in [1.165, 1.54) is 11.8 Å². The molecule has 0 saturated carbocycles. The molecule has 0 fully saturated rings. The molecule has 0 aromatic carbocycles. The van der Waals surface area contributed by atoms with E-state index < -0.39 is 11.9 Å². The van der Waals surface area contributed by atoms with E-state index in [9.17, 15) is 9.59 Å². The fraction of sp³-hybridized carbons (Fsp3) is 0.600. The van der Waals surface area contributed by atoms with E-state index in [4.69, 9.17) is 5.11 Å². The third kappa shape index (κ3) is 4.07. The van der Waals surface area contributed by atoms with Gasteiger partial charge in [-0.15, -0.1) is 6.58 Å². The van der Waals surface area contributed by atoms with E-state index >= 15 is 0 Å². The third-order valence-corrected chi connectivity index (χ3v) is 2.02. The molecule has 14 heavy (non-hydrogen) atoms. The smallest absolute Gasteiger partial charge is 0.315 e. The predicted molar refractivity (Wildman–Crippen MR) is 53.9 cm³/mol. The number of rotatable bonds is 6. The molecule has 0 aliphatic rings. The van der Waals surface area contributed by atoms with Crippen molar-refractivity contribution in [2.45, 2.75) is 19.8 Å². The highest BCUT2D eigenvalue weighted by Gasteiger charge is 2.23. The second-order valence-corrected chi connectivity index (χ2v) is 3.25. The highest BCUT2D eigenvalue weighted by atomic mass is 16.4. The van der Waals surface area contributed by atoms with Crippen LogP contribution in [0, 0.1) is 5.92 Å². The Morgan fingerprint density at radius 1 is 1.57 bits per heavy atom. The van der Waals surface area contributed by atoms with Crippen LogP contribution in [0.4, 0.5) is 0 Å². The predicted octanol–water partition coefficient (Wildman–Crippen LogP) is 1.13. The molecule has 1 atom stereocenters. The van der Waals surface area contributed by atoms with Crippen LogP contribution in [0.25, 0.3) is 0 Å². The summed E-state index contributed by atoms with van der Waals surface area (Å²) >= 11 is 0. The summed E-state index contributed by atoms with van der Waals surface area (Å²) in [7, 11) is 1.62. The topological polar surface area (TPSA) is 57.6 Å². The van der Waals surface area contributed by atoms with Crippen molar-refractivity contribution in [3.8, 4) is 0 Å². The Morgan fingerprint density at radius 2 is 2.14 bits per heavy atom. The van der Waals surface area contributed by atoms with Crippen LogP contribution in [-0.4, -0.2) is 35.5 Å². The summed E-state index contributed by atoms with van der Waals surface area (Å²) in [5, 5.41) is 8.61. The van der Waals surface area contributed by atoms with Crippen LogP contribution in [-0.2, 0) is 9.59 Å². The van der Waals surface area contributed by atoms with Gasteiger partial charge in [-0.05, 0) is 19.8 Å². The standard InChI is InChI=1S/C10H17NO3/c1-4-5-6-7-11(3)9(12)8(2)10(13)14/h4,8H,1,5-7H2,2-3H3,(H,13,14). The maximum Gasteiger partial charge on any atom is 0.315 e. The number of allylic oxidation sites excluding steroid dienone is 1. The second kappa shape index (κ2) is 6.18. The van der Waals surface area contributed by atoms with Crippen LogP contribution in [0.3, 0.4) is 0 Å². The molecule has 0 aromatic rings. The fourth-order valence-electron chi connectivity index (χ4n) is 1.02. The van der Waals surface area contributed by atoms with Gasteiger partial charge >= 0.3 is 5.97 Å². The summed E-state index contributed by atoms with van der Waals surface area (Å²) in [6.45, 7) is 5.54. The largest absolute Gasteiger partial charge is 0.481 e. The Kier molecular flexibility index (Phi) is 5.60. The van der Waals surface area contributed by atoms with Crippen molar-refractivity contribution in [1.29, 1.82) is 0 Å². The van der Waals surface area contributed by atoms with Crippen molar-refractivity contribution in [2.24, 2.45) is 5.92 Å². The minimum absolute atomic E-state index is 0.346. The molecule has 4 nitrogen and oxygen atoms in total. The third-order valence-electron chi connectivity index (χ3n) is 2.02. The zero-order chi connectivity index (χ0) is 11.1. The van der Waals surface area contributed by atoms with Gasteiger partial charge in [0.1, 0.15) is 5.92 Å². The average molecular weight is 199 g/mol. The number of amides is 1. The van der Waals surface area contributed by atoms with E-state index in [0.717, 1.165) is 12.8 Å². The van der Waals surface area contributed by atoms with Crippen molar-refractivity contribution >= 4 is 11.9 Å². The summed E-state index contributed by atoms with van der Waals surface area (Å²) in [6.07, 6.45) is 3.43. The molecule has 4 heteroatoms. The lowest BCUT2D eigenvalue weighted by molar-refractivity contribution is -0.149. The first-order valence-electron chi connectivity index (χ1n) is 4.59. The van der Waals surface area contributed by atoms with Crippen molar-refractivity contribution in [3.63, 3.8) is 0 Å². The minimum atomic E-state index is -1.08. The van der Waals surface area contributed by atoms with Gasteiger partial charge in [-0.25, -0.2) is 0 Å². The first kappa shape index (κ1) is 12.7. The van der Waals surface area contributed by atoms with Gasteiger partial charge in [0.2, 0.25) is 5.91 Å². The number of hydrogen-bond acceptors (Lipinski definition) is 2. The monoisotopic (exact) mass is 199 g/mol. The molecule has 0 bridgehead atoms. The number of carbonyl (C=O) groups excluding carboxylic acids is 1. The van der Waals surface area contributed by atoms with Gasteiger partial charge in [-0.1, -0.05) is 6.08 Å². The number of aliphatic carboxylic acids is 1. The number of nitrogens with zero attached hydrogens (tertiary/aromatic N) is 1. The Balaban J connectivity index is 3.98. The van der Waals surface area contributed by atoms with E-state index in [2.05, 4.69) is 6.58 Å². The van der Waals surface area contributed by atoms with Gasteiger partial charge in [0.25, 0.3) is 0 Å². The molecule has 0 spiro atoms. The molecule has 0 heterocycles. The van der Waals surface area contributed by atoms with Gasteiger partial charge in [0.05, 0.1) is 0 Å². The van der Waals surface area contributed by atoms with Crippen molar-refractivity contribution < 1.29 is 14.7 Å². The summed E-state index contributed by atoms with van der Waals surface area (Å²) in [5.74, 6) is -2.38. The van der Waals surface area contributed by atoms with Crippen molar-refractivity contribution in [2.75, 3.05) is 13.6 Å². The molecule has 0 saturated heterocycles. The van der Waals surface area contributed by atoms with Crippen LogP contribution < -0.4 is 0 Å². The van der Waals surface area contributed by atoms with Crippen LogP contribution in [0.2, 0.25) is 0 Å². The molecule has 0 radical (unpaired) electrons. The number of carbonyl (C=O) groups is 2. The second-order valence-electron chi connectivity index (χ2n) is 3.25. The minimum Gasteiger partial charge on any atom is -0.481 e. The zero-order valence-electron chi connectivity index (χ0n) is 8.69. The molecule has 0 rings (SSSR count). The van der Waals surface area contributed by atoms with Gasteiger partial charge < -0.3 is 10.0 Å². The van der Waals surface area contributed by atoms with Gasteiger partial charge in [-0.2, -0.15) is 0 Å². The van der Waals surface area contributed by atoms with E-state index in [-0.39, 0.29) is 5.91 Å². The molecule has 1 amide bonds. The molecule has 1 unspecified atom stereocenters. The van der Waals surface area contributed by atoms with Crippen LogP contribution in [0.5, 0.6) is 0 Å². The lowest BCUT2D eigenvalue weighted by Gasteiger charge is -2.18. The number of carboxylic acids is 1. The van der Waals surface area contributed by atoms with Crippen molar-refractivity contribution in [3.05, 3.63) is 12.7 Å². The van der Waals surface area contributed by atoms with E-state index in [1.54, 1.807) is 13.1 Å².